The standard InChI is InChI=1S/C18H26N2S/c1-3-5-13-20(15-9-7-6-8-10-15)17(14-19)18-12-11-16(4-2)21-18/h6-12,17H,3-5,13-14,19H2,1-2H3. The van der Waals surface area contributed by atoms with E-state index in [1.807, 2.05) is 11.3 Å². The van der Waals surface area contributed by atoms with Crippen molar-refractivity contribution in [1.29, 1.82) is 0 Å². The molecule has 0 spiro atoms. The Hall–Kier alpha value is -1.32. The van der Waals surface area contributed by atoms with E-state index in [-0.39, 0.29) is 6.04 Å². The van der Waals surface area contributed by atoms with E-state index in [9.17, 15) is 0 Å². The van der Waals surface area contributed by atoms with Crippen LogP contribution in [0.4, 0.5) is 5.69 Å². The van der Waals surface area contributed by atoms with Gasteiger partial charge in [-0.2, -0.15) is 0 Å². The molecule has 1 aromatic heterocycles. The first kappa shape index (κ1) is 16.1. The third kappa shape index (κ3) is 4.08. The molecule has 0 aliphatic heterocycles. The second kappa shape index (κ2) is 8.20. The highest BCUT2D eigenvalue weighted by Crippen LogP contribution is 2.31. The summed E-state index contributed by atoms with van der Waals surface area (Å²) in [5.74, 6) is 0. The molecular weight excluding hydrogens is 276 g/mol. The first-order valence-corrected chi connectivity index (χ1v) is 8.72. The smallest absolute Gasteiger partial charge is 0.0757 e. The highest BCUT2D eigenvalue weighted by molar-refractivity contribution is 7.12. The van der Waals surface area contributed by atoms with Gasteiger partial charge in [-0.3, -0.25) is 0 Å². The number of para-hydroxylation sites is 1. The van der Waals surface area contributed by atoms with Crippen LogP contribution in [-0.2, 0) is 6.42 Å². The molecule has 0 fully saturated rings. The number of anilines is 1. The molecule has 2 aromatic rings. The molecule has 2 rings (SSSR count). The molecule has 1 atom stereocenters. The molecule has 0 bridgehead atoms. The van der Waals surface area contributed by atoms with Crippen LogP contribution in [0.25, 0.3) is 0 Å². The van der Waals surface area contributed by atoms with Crippen molar-refractivity contribution in [2.75, 3.05) is 18.0 Å². The van der Waals surface area contributed by atoms with Gasteiger partial charge >= 0.3 is 0 Å². The molecule has 2 N–H and O–H groups in total. The minimum atomic E-state index is 0.282. The summed E-state index contributed by atoms with van der Waals surface area (Å²) in [5, 5.41) is 0. The molecule has 0 saturated carbocycles. The Kier molecular flexibility index (Phi) is 6.27. The van der Waals surface area contributed by atoms with Crippen LogP contribution in [0.15, 0.2) is 42.5 Å². The van der Waals surface area contributed by atoms with Crippen molar-refractivity contribution in [3.05, 3.63) is 52.2 Å². The molecule has 21 heavy (non-hydrogen) atoms. The number of rotatable bonds is 8. The van der Waals surface area contributed by atoms with Gasteiger partial charge in [0.25, 0.3) is 0 Å². The van der Waals surface area contributed by atoms with Crippen LogP contribution in [0.2, 0.25) is 0 Å². The maximum Gasteiger partial charge on any atom is 0.0757 e. The monoisotopic (exact) mass is 302 g/mol. The lowest BCUT2D eigenvalue weighted by Gasteiger charge is -2.32. The van der Waals surface area contributed by atoms with Crippen molar-refractivity contribution in [2.24, 2.45) is 5.73 Å². The van der Waals surface area contributed by atoms with Crippen LogP contribution in [0.3, 0.4) is 0 Å². The van der Waals surface area contributed by atoms with E-state index >= 15 is 0 Å². The van der Waals surface area contributed by atoms with Gasteiger partial charge in [0.05, 0.1) is 6.04 Å². The molecule has 3 heteroatoms. The van der Waals surface area contributed by atoms with Crippen LogP contribution >= 0.6 is 11.3 Å². The van der Waals surface area contributed by atoms with Gasteiger partial charge in [0.2, 0.25) is 0 Å². The topological polar surface area (TPSA) is 29.3 Å². The van der Waals surface area contributed by atoms with Crippen LogP contribution < -0.4 is 10.6 Å². The largest absolute Gasteiger partial charge is 0.362 e. The number of aryl methyl sites for hydroxylation is 1. The predicted octanol–water partition coefficient (Wildman–Crippen LogP) is 4.62. The lowest BCUT2D eigenvalue weighted by atomic mass is 10.1. The third-order valence-electron chi connectivity index (χ3n) is 3.80. The number of nitrogens with zero attached hydrogens (tertiary/aromatic N) is 1. The van der Waals surface area contributed by atoms with E-state index in [1.54, 1.807) is 0 Å². The molecule has 0 aliphatic carbocycles. The maximum atomic E-state index is 6.13. The fourth-order valence-corrected chi connectivity index (χ4v) is 3.65. The number of benzene rings is 1. The van der Waals surface area contributed by atoms with Crippen LogP contribution in [0.5, 0.6) is 0 Å². The highest BCUT2D eigenvalue weighted by Gasteiger charge is 2.20. The number of hydrogen-bond donors (Lipinski definition) is 1. The Morgan fingerprint density at radius 1 is 1.10 bits per heavy atom. The average molecular weight is 302 g/mol. The summed E-state index contributed by atoms with van der Waals surface area (Å²) in [5.41, 5.74) is 7.40. The van der Waals surface area contributed by atoms with Crippen molar-refractivity contribution >= 4 is 17.0 Å². The Balaban J connectivity index is 2.28. The molecule has 0 aliphatic rings. The van der Waals surface area contributed by atoms with E-state index in [0.29, 0.717) is 6.54 Å². The lowest BCUT2D eigenvalue weighted by Crippen LogP contribution is -2.34. The van der Waals surface area contributed by atoms with Gasteiger partial charge in [0.15, 0.2) is 0 Å². The molecule has 1 unspecified atom stereocenters. The van der Waals surface area contributed by atoms with Gasteiger partial charge in [-0.15, -0.1) is 11.3 Å². The van der Waals surface area contributed by atoms with Crippen LogP contribution in [0.1, 0.15) is 42.5 Å². The molecule has 1 aromatic carbocycles. The summed E-state index contributed by atoms with van der Waals surface area (Å²) in [7, 11) is 0. The Bertz CT molecular complexity index is 521. The van der Waals surface area contributed by atoms with Crippen molar-refractivity contribution in [3.8, 4) is 0 Å². The molecular formula is C18H26N2S. The number of unbranched alkanes of at least 4 members (excludes halogenated alkanes) is 1. The van der Waals surface area contributed by atoms with Gasteiger partial charge in [-0.1, -0.05) is 38.5 Å². The van der Waals surface area contributed by atoms with E-state index in [4.69, 9.17) is 5.73 Å². The third-order valence-corrected chi connectivity index (χ3v) is 5.13. The summed E-state index contributed by atoms with van der Waals surface area (Å²) < 4.78 is 0. The van der Waals surface area contributed by atoms with E-state index in [1.165, 1.54) is 28.3 Å². The zero-order chi connectivity index (χ0) is 15.1. The number of hydrogen-bond acceptors (Lipinski definition) is 3. The van der Waals surface area contributed by atoms with E-state index < -0.39 is 0 Å². The predicted molar refractivity (Wildman–Crippen MR) is 94.2 cm³/mol. The van der Waals surface area contributed by atoms with Crippen molar-refractivity contribution in [2.45, 2.75) is 39.2 Å². The lowest BCUT2D eigenvalue weighted by molar-refractivity contribution is 0.612. The summed E-state index contributed by atoms with van der Waals surface area (Å²) in [6.45, 7) is 6.16. The van der Waals surface area contributed by atoms with Gasteiger partial charge in [0.1, 0.15) is 0 Å². The van der Waals surface area contributed by atoms with E-state index in [2.05, 4.69) is 61.2 Å². The van der Waals surface area contributed by atoms with Crippen molar-refractivity contribution < 1.29 is 0 Å². The zero-order valence-electron chi connectivity index (χ0n) is 13.1. The molecule has 0 saturated heterocycles. The Morgan fingerprint density at radius 3 is 2.43 bits per heavy atom. The molecule has 1 heterocycles. The van der Waals surface area contributed by atoms with Crippen LogP contribution in [0, 0.1) is 0 Å². The van der Waals surface area contributed by atoms with Crippen LogP contribution in [-0.4, -0.2) is 13.1 Å². The summed E-state index contributed by atoms with van der Waals surface area (Å²) in [6.07, 6.45) is 3.49. The molecule has 114 valence electrons. The van der Waals surface area contributed by atoms with Gasteiger partial charge in [-0.25, -0.2) is 0 Å². The average Bonchev–Trinajstić information content (AvgIpc) is 3.01. The van der Waals surface area contributed by atoms with Gasteiger partial charge in [-0.05, 0) is 37.1 Å². The minimum absolute atomic E-state index is 0.282. The van der Waals surface area contributed by atoms with Crippen molar-refractivity contribution in [1.82, 2.24) is 0 Å². The molecule has 0 radical (unpaired) electrons. The van der Waals surface area contributed by atoms with Gasteiger partial charge in [0, 0.05) is 28.5 Å². The van der Waals surface area contributed by atoms with Gasteiger partial charge < -0.3 is 10.6 Å². The highest BCUT2D eigenvalue weighted by atomic mass is 32.1. The summed E-state index contributed by atoms with van der Waals surface area (Å²) in [6, 6.07) is 15.4. The fraction of sp³-hybridized carbons (Fsp3) is 0.444. The maximum absolute atomic E-state index is 6.13. The van der Waals surface area contributed by atoms with E-state index in [0.717, 1.165) is 13.0 Å². The Morgan fingerprint density at radius 2 is 1.86 bits per heavy atom. The summed E-state index contributed by atoms with van der Waals surface area (Å²) in [4.78, 5) is 5.29. The normalized spacial score (nSPS) is 12.3. The zero-order valence-corrected chi connectivity index (χ0v) is 13.9. The first-order chi connectivity index (χ1) is 10.3. The first-order valence-electron chi connectivity index (χ1n) is 7.90. The quantitative estimate of drug-likeness (QED) is 0.771. The summed E-state index contributed by atoms with van der Waals surface area (Å²) >= 11 is 1.90. The minimum Gasteiger partial charge on any atom is -0.362 e. The molecule has 2 nitrogen and oxygen atoms in total. The van der Waals surface area contributed by atoms with Crippen molar-refractivity contribution in [3.63, 3.8) is 0 Å². The SMILES string of the molecule is CCCCN(c1ccccc1)C(CN)c1ccc(CC)s1. The second-order valence-electron chi connectivity index (χ2n) is 5.29. The number of thiophene rings is 1. The second-order valence-corrected chi connectivity index (χ2v) is 6.49. The molecule has 0 amide bonds. The number of nitrogens with two attached hydrogens (primary N) is 1. The fourth-order valence-electron chi connectivity index (χ4n) is 2.57. The Labute approximate surface area is 132 Å².